The minimum Gasteiger partial charge on any atom is -0.396 e. The summed E-state index contributed by atoms with van der Waals surface area (Å²) in [5.41, 5.74) is 5.96. The third-order valence-electron chi connectivity index (χ3n) is 3.25. The normalized spacial score (nSPS) is 11.1. The van der Waals surface area contributed by atoms with Crippen molar-refractivity contribution >= 4 is 17.3 Å². The van der Waals surface area contributed by atoms with Crippen LogP contribution in [0.3, 0.4) is 0 Å². The second kappa shape index (κ2) is 8.59. The van der Waals surface area contributed by atoms with Crippen LogP contribution < -0.4 is 11.1 Å². The highest BCUT2D eigenvalue weighted by atomic mass is 19.1. The van der Waals surface area contributed by atoms with E-state index in [2.05, 4.69) is 24.1 Å². The van der Waals surface area contributed by atoms with E-state index in [0.717, 1.165) is 6.54 Å². The average molecular weight is 297 g/mol. The molecule has 0 bridgehead atoms. The van der Waals surface area contributed by atoms with E-state index in [0.29, 0.717) is 31.1 Å². The number of hydrogen-bond acceptors (Lipinski definition) is 4. The smallest absolute Gasteiger partial charge is 0.224 e. The number of nitrogens with one attached hydrogen (secondary N) is 1. The Bertz CT molecular complexity index is 466. The predicted molar refractivity (Wildman–Crippen MR) is 82.5 cm³/mol. The van der Waals surface area contributed by atoms with Crippen molar-refractivity contribution in [3.05, 3.63) is 24.0 Å². The van der Waals surface area contributed by atoms with Gasteiger partial charge in [-0.2, -0.15) is 0 Å². The molecule has 0 radical (unpaired) electrons. The molecule has 0 aliphatic heterocycles. The van der Waals surface area contributed by atoms with Crippen molar-refractivity contribution in [2.75, 3.05) is 30.7 Å². The van der Waals surface area contributed by atoms with Crippen molar-refractivity contribution in [1.82, 2.24) is 4.90 Å². The number of aliphatic hydroxyl groups excluding tert-OH is 1. The molecule has 118 valence electrons. The Kier molecular flexibility index (Phi) is 7.11. The summed E-state index contributed by atoms with van der Waals surface area (Å²) in [6.07, 6.45) is 1.06. The highest BCUT2D eigenvalue weighted by Crippen LogP contribution is 2.16. The lowest BCUT2D eigenvalue weighted by atomic mass is 10.2. The molecule has 6 heteroatoms. The van der Waals surface area contributed by atoms with Gasteiger partial charge in [0.25, 0.3) is 0 Å². The summed E-state index contributed by atoms with van der Waals surface area (Å²) in [6, 6.07) is 4.44. The first-order chi connectivity index (χ1) is 9.93. The number of anilines is 2. The van der Waals surface area contributed by atoms with Crippen molar-refractivity contribution in [3.8, 4) is 0 Å². The number of nitrogen functional groups attached to an aromatic ring is 1. The molecule has 0 spiro atoms. The zero-order valence-corrected chi connectivity index (χ0v) is 12.6. The van der Waals surface area contributed by atoms with Crippen molar-refractivity contribution in [2.24, 2.45) is 0 Å². The van der Waals surface area contributed by atoms with Gasteiger partial charge in [0.2, 0.25) is 5.91 Å². The maximum atomic E-state index is 13.0. The Morgan fingerprint density at radius 1 is 1.43 bits per heavy atom. The minimum atomic E-state index is -0.496. The summed E-state index contributed by atoms with van der Waals surface area (Å²) in [6.45, 7) is 5.57. The fourth-order valence-electron chi connectivity index (χ4n) is 2.04. The molecule has 0 saturated carbocycles. The van der Waals surface area contributed by atoms with Crippen LogP contribution in [0.5, 0.6) is 0 Å². The highest BCUT2D eigenvalue weighted by Gasteiger charge is 2.10. The number of halogens is 1. The molecular formula is C15H24FN3O2. The summed E-state index contributed by atoms with van der Waals surface area (Å²) in [7, 11) is 0. The molecule has 0 saturated heterocycles. The van der Waals surface area contributed by atoms with Gasteiger partial charge in [-0.25, -0.2) is 4.39 Å². The third-order valence-corrected chi connectivity index (χ3v) is 3.25. The van der Waals surface area contributed by atoms with Gasteiger partial charge in [-0.15, -0.1) is 0 Å². The van der Waals surface area contributed by atoms with Crippen LogP contribution in [0.25, 0.3) is 0 Å². The molecular weight excluding hydrogens is 273 g/mol. The molecule has 21 heavy (non-hydrogen) atoms. The Labute approximate surface area is 124 Å². The van der Waals surface area contributed by atoms with E-state index in [4.69, 9.17) is 10.8 Å². The van der Waals surface area contributed by atoms with Crippen LogP contribution >= 0.6 is 0 Å². The molecule has 0 heterocycles. The van der Waals surface area contributed by atoms with Gasteiger partial charge in [0.15, 0.2) is 0 Å². The number of nitrogens with two attached hydrogens (primary N) is 1. The number of hydrogen-bond donors (Lipinski definition) is 3. The summed E-state index contributed by atoms with van der Waals surface area (Å²) >= 11 is 0. The van der Waals surface area contributed by atoms with Gasteiger partial charge in [-0.1, -0.05) is 0 Å². The lowest BCUT2D eigenvalue weighted by molar-refractivity contribution is -0.116. The zero-order chi connectivity index (χ0) is 15.8. The molecule has 1 rings (SSSR count). The molecule has 4 N–H and O–H groups in total. The van der Waals surface area contributed by atoms with E-state index in [-0.39, 0.29) is 18.2 Å². The van der Waals surface area contributed by atoms with Gasteiger partial charge < -0.3 is 16.2 Å². The minimum absolute atomic E-state index is 0.0155. The Morgan fingerprint density at radius 3 is 2.71 bits per heavy atom. The van der Waals surface area contributed by atoms with Crippen molar-refractivity contribution in [2.45, 2.75) is 32.7 Å². The molecule has 1 amide bonds. The Balaban J connectivity index is 2.38. The van der Waals surface area contributed by atoms with Gasteiger partial charge in [-0.3, -0.25) is 9.69 Å². The van der Waals surface area contributed by atoms with E-state index in [9.17, 15) is 9.18 Å². The average Bonchev–Trinajstić information content (AvgIpc) is 2.42. The molecule has 0 aromatic heterocycles. The van der Waals surface area contributed by atoms with E-state index in [1.165, 1.54) is 18.2 Å². The highest BCUT2D eigenvalue weighted by molar-refractivity contribution is 5.91. The molecule has 0 aliphatic rings. The standard InChI is InChI=1S/C15H24FN3O2/c1-11(2)19(8-9-20)7-3-4-15(21)18-12-5-6-13(16)14(17)10-12/h5-6,10-11,20H,3-4,7-9,17H2,1-2H3,(H,18,21). The topological polar surface area (TPSA) is 78.6 Å². The first-order valence-electron chi connectivity index (χ1n) is 7.13. The van der Waals surface area contributed by atoms with Crippen molar-refractivity contribution < 1.29 is 14.3 Å². The van der Waals surface area contributed by atoms with Crippen LogP contribution in [0, 0.1) is 5.82 Å². The van der Waals surface area contributed by atoms with Crippen LogP contribution in [0.15, 0.2) is 18.2 Å². The first-order valence-corrected chi connectivity index (χ1v) is 7.13. The SMILES string of the molecule is CC(C)N(CCO)CCCC(=O)Nc1ccc(F)c(N)c1. The molecule has 0 fully saturated rings. The second-order valence-electron chi connectivity index (χ2n) is 5.24. The number of carbonyl (C=O) groups is 1. The summed E-state index contributed by atoms with van der Waals surface area (Å²) < 4.78 is 13.0. The van der Waals surface area contributed by atoms with E-state index in [1.807, 2.05) is 0 Å². The summed E-state index contributed by atoms with van der Waals surface area (Å²) in [5.74, 6) is -0.627. The quantitative estimate of drug-likeness (QED) is 0.640. The van der Waals surface area contributed by atoms with Crippen molar-refractivity contribution in [3.63, 3.8) is 0 Å². The Hall–Kier alpha value is -1.66. The Morgan fingerprint density at radius 2 is 2.14 bits per heavy atom. The van der Waals surface area contributed by atoms with Crippen LogP contribution in [-0.2, 0) is 4.79 Å². The van der Waals surface area contributed by atoms with Gasteiger partial charge in [0.1, 0.15) is 5.82 Å². The molecule has 1 aromatic carbocycles. The van der Waals surface area contributed by atoms with Crippen LogP contribution in [-0.4, -0.2) is 41.7 Å². The van der Waals surface area contributed by atoms with Gasteiger partial charge in [0.05, 0.1) is 12.3 Å². The number of benzene rings is 1. The fourth-order valence-corrected chi connectivity index (χ4v) is 2.04. The number of rotatable bonds is 8. The lowest BCUT2D eigenvalue weighted by Gasteiger charge is -2.25. The van der Waals surface area contributed by atoms with Crippen LogP contribution in [0.4, 0.5) is 15.8 Å². The summed E-state index contributed by atoms with van der Waals surface area (Å²) in [5, 5.41) is 11.7. The first kappa shape index (κ1) is 17.4. The maximum absolute atomic E-state index is 13.0. The summed E-state index contributed by atoms with van der Waals surface area (Å²) in [4.78, 5) is 13.9. The van der Waals surface area contributed by atoms with Gasteiger partial charge >= 0.3 is 0 Å². The maximum Gasteiger partial charge on any atom is 0.224 e. The molecule has 5 nitrogen and oxygen atoms in total. The molecule has 0 unspecified atom stereocenters. The van der Waals surface area contributed by atoms with Crippen molar-refractivity contribution in [1.29, 1.82) is 0 Å². The molecule has 0 atom stereocenters. The number of carbonyl (C=O) groups excluding carboxylic acids is 1. The molecule has 0 aliphatic carbocycles. The van der Waals surface area contributed by atoms with E-state index < -0.39 is 5.82 Å². The number of nitrogens with zero attached hydrogens (tertiary/aromatic N) is 1. The van der Waals surface area contributed by atoms with Crippen LogP contribution in [0.1, 0.15) is 26.7 Å². The third kappa shape index (κ3) is 6.10. The lowest BCUT2D eigenvalue weighted by Crippen LogP contribution is -2.34. The fraction of sp³-hybridized carbons (Fsp3) is 0.533. The van der Waals surface area contributed by atoms with Gasteiger partial charge in [0, 0.05) is 24.7 Å². The monoisotopic (exact) mass is 297 g/mol. The second-order valence-corrected chi connectivity index (χ2v) is 5.24. The zero-order valence-electron chi connectivity index (χ0n) is 12.6. The van der Waals surface area contributed by atoms with E-state index >= 15 is 0 Å². The van der Waals surface area contributed by atoms with E-state index in [1.54, 1.807) is 0 Å². The molecule has 1 aromatic rings. The number of aliphatic hydroxyl groups is 1. The number of amides is 1. The predicted octanol–water partition coefficient (Wildman–Crippen LogP) is 1.83. The van der Waals surface area contributed by atoms with Crippen LogP contribution in [0.2, 0.25) is 0 Å². The largest absolute Gasteiger partial charge is 0.396 e. The van der Waals surface area contributed by atoms with Gasteiger partial charge in [-0.05, 0) is 45.0 Å².